The molecule has 0 saturated carbocycles. The number of aryl methyl sites for hydroxylation is 1. The number of anilines is 1. The molecule has 0 radical (unpaired) electrons. The van der Waals surface area contributed by atoms with E-state index < -0.39 is 17.8 Å². The fourth-order valence-corrected chi connectivity index (χ4v) is 2.14. The molecule has 0 saturated heterocycles. The summed E-state index contributed by atoms with van der Waals surface area (Å²) in [6.45, 7) is 2.36. The van der Waals surface area contributed by atoms with E-state index >= 15 is 0 Å². The molecule has 1 aromatic carbocycles. The smallest absolute Gasteiger partial charge is 0.339 e. The van der Waals surface area contributed by atoms with E-state index in [1.165, 1.54) is 43.3 Å². The Morgan fingerprint density at radius 3 is 2.46 bits per heavy atom. The highest BCUT2D eigenvalue weighted by atomic mass is 16.5. The zero-order valence-corrected chi connectivity index (χ0v) is 13.5. The first kappa shape index (κ1) is 17.2. The molecule has 8 nitrogen and oxygen atoms in total. The molecule has 0 atom stereocenters. The summed E-state index contributed by atoms with van der Waals surface area (Å²) in [5, 5.41) is 6.63. The standard InChI is InChI=1S/C16H17N3O5/c1-4-19-13(7-8-17-19)14(20)18-12-9-10(15(21)23-2)5-6-11(12)16(22)24-3/h5-9H,4H2,1-3H3,(H,18,20). The molecule has 0 unspecified atom stereocenters. The number of amides is 1. The van der Waals surface area contributed by atoms with E-state index in [2.05, 4.69) is 15.2 Å². The van der Waals surface area contributed by atoms with Crippen LogP contribution in [0.4, 0.5) is 5.69 Å². The van der Waals surface area contributed by atoms with E-state index in [9.17, 15) is 14.4 Å². The number of hydrogen-bond acceptors (Lipinski definition) is 6. The molecule has 0 bridgehead atoms. The van der Waals surface area contributed by atoms with Crippen molar-refractivity contribution in [3.05, 3.63) is 47.3 Å². The molecule has 1 amide bonds. The first-order chi connectivity index (χ1) is 11.5. The molecule has 0 fully saturated rings. The van der Waals surface area contributed by atoms with Crippen LogP contribution in [0.2, 0.25) is 0 Å². The number of hydrogen-bond donors (Lipinski definition) is 1. The summed E-state index contributed by atoms with van der Waals surface area (Å²) < 4.78 is 10.9. The lowest BCUT2D eigenvalue weighted by Crippen LogP contribution is -2.19. The van der Waals surface area contributed by atoms with Gasteiger partial charge in [0.2, 0.25) is 0 Å². The number of ether oxygens (including phenoxy) is 2. The van der Waals surface area contributed by atoms with Crippen LogP contribution in [0, 0.1) is 0 Å². The Hall–Kier alpha value is -3.16. The van der Waals surface area contributed by atoms with Crippen molar-refractivity contribution in [1.82, 2.24) is 9.78 Å². The fourth-order valence-electron chi connectivity index (χ4n) is 2.14. The molecule has 24 heavy (non-hydrogen) atoms. The second-order valence-electron chi connectivity index (χ2n) is 4.73. The number of esters is 2. The third-order valence-electron chi connectivity index (χ3n) is 3.34. The maximum Gasteiger partial charge on any atom is 0.339 e. The topological polar surface area (TPSA) is 99.5 Å². The van der Waals surface area contributed by atoms with Crippen molar-refractivity contribution in [2.75, 3.05) is 19.5 Å². The summed E-state index contributed by atoms with van der Waals surface area (Å²) in [6.07, 6.45) is 1.50. The minimum absolute atomic E-state index is 0.126. The number of benzene rings is 1. The number of carbonyl (C=O) groups excluding carboxylic acids is 3. The van der Waals surface area contributed by atoms with Gasteiger partial charge in [0.05, 0.1) is 31.0 Å². The number of carbonyl (C=O) groups is 3. The van der Waals surface area contributed by atoms with Gasteiger partial charge in [-0.05, 0) is 31.2 Å². The van der Waals surface area contributed by atoms with Crippen molar-refractivity contribution in [2.45, 2.75) is 13.5 Å². The van der Waals surface area contributed by atoms with E-state index in [0.717, 1.165) is 0 Å². The Balaban J connectivity index is 2.40. The van der Waals surface area contributed by atoms with Gasteiger partial charge in [0.25, 0.3) is 5.91 Å². The molecule has 0 aliphatic rings. The van der Waals surface area contributed by atoms with Crippen LogP contribution < -0.4 is 5.32 Å². The van der Waals surface area contributed by atoms with Crippen LogP contribution >= 0.6 is 0 Å². The summed E-state index contributed by atoms with van der Waals surface area (Å²) in [7, 11) is 2.48. The van der Waals surface area contributed by atoms with Gasteiger partial charge in [-0.1, -0.05) is 0 Å². The first-order valence-corrected chi connectivity index (χ1v) is 7.15. The molecular weight excluding hydrogens is 314 g/mol. The van der Waals surface area contributed by atoms with E-state index in [0.29, 0.717) is 12.2 Å². The zero-order valence-electron chi connectivity index (χ0n) is 13.5. The number of nitrogens with zero attached hydrogens (tertiary/aromatic N) is 2. The molecule has 2 aromatic rings. The molecule has 1 heterocycles. The molecule has 1 N–H and O–H groups in total. The van der Waals surface area contributed by atoms with Gasteiger partial charge in [-0.3, -0.25) is 9.48 Å². The van der Waals surface area contributed by atoms with Gasteiger partial charge < -0.3 is 14.8 Å². The van der Waals surface area contributed by atoms with Gasteiger partial charge in [-0.15, -0.1) is 0 Å². The van der Waals surface area contributed by atoms with Crippen LogP contribution in [0.1, 0.15) is 38.1 Å². The van der Waals surface area contributed by atoms with E-state index in [1.54, 1.807) is 6.07 Å². The quantitative estimate of drug-likeness (QED) is 0.838. The summed E-state index contributed by atoms with van der Waals surface area (Å²) >= 11 is 0. The molecule has 126 valence electrons. The molecule has 1 aromatic heterocycles. The summed E-state index contributed by atoms with van der Waals surface area (Å²) in [5.41, 5.74) is 0.806. The van der Waals surface area contributed by atoms with Crippen LogP contribution in [0.5, 0.6) is 0 Å². The molecule has 0 spiro atoms. The lowest BCUT2D eigenvalue weighted by atomic mass is 10.1. The van der Waals surface area contributed by atoms with Crippen LogP contribution in [0.15, 0.2) is 30.5 Å². The van der Waals surface area contributed by atoms with Crippen molar-refractivity contribution in [1.29, 1.82) is 0 Å². The summed E-state index contributed by atoms with van der Waals surface area (Å²) in [4.78, 5) is 36.0. The van der Waals surface area contributed by atoms with Gasteiger partial charge in [-0.2, -0.15) is 5.10 Å². The lowest BCUT2D eigenvalue weighted by molar-refractivity contribution is 0.0587. The Bertz CT molecular complexity index is 782. The average Bonchev–Trinajstić information content (AvgIpc) is 3.09. The van der Waals surface area contributed by atoms with E-state index in [4.69, 9.17) is 4.74 Å². The van der Waals surface area contributed by atoms with E-state index in [1.807, 2.05) is 6.92 Å². The maximum absolute atomic E-state index is 12.4. The van der Waals surface area contributed by atoms with Crippen LogP contribution in [-0.2, 0) is 16.0 Å². The zero-order chi connectivity index (χ0) is 17.7. The third kappa shape index (κ3) is 3.43. The number of aromatic nitrogens is 2. The van der Waals surface area contributed by atoms with Gasteiger partial charge >= 0.3 is 11.9 Å². The predicted molar refractivity (Wildman–Crippen MR) is 85.0 cm³/mol. The minimum Gasteiger partial charge on any atom is -0.465 e. The lowest BCUT2D eigenvalue weighted by Gasteiger charge is -2.12. The number of nitrogens with one attached hydrogen (secondary N) is 1. The van der Waals surface area contributed by atoms with Gasteiger partial charge in [0.15, 0.2) is 0 Å². The van der Waals surface area contributed by atoms with Gasteiger partial charge in [0, 0.05) is 12.7 Å². The molecule has 0 aliphatic carbocycles. The Labute approximate surface area is 138 Å². The predicted octanol–water partition coefficient (Wildman–Crippen LogP) is 1.73. The SMILES string of the molecule is CCn1nccc1C(=O)Nc1cc(C(=O)OC)ccc1C(=O)OC. The highest BCUT2D eigenvalue weighted by molar-refractivity contribution is 6.08. The van der Waals surface area contributed by atoms with Crippen LogP contribution in [-0.4, -0.2) is 41.8 Å². The normalized spacial score (nSPS) is 10.1. The van der Waals surface area contributed by atoms with Crippen molar-refractivity contribution in [3.8, 4) is 0 Å². The molecule has 8 heteroatoms. The number of rotatable bonds is 5. The van der Waals surface area contributed by atoms with Crippen molar-refractivity contribution < 1.29 is 23.9 Å². The average molecular weight is 331 g/mol. The molecule has 0 aliphatic heterocycles. The Kier molecular flexibility index (Phi) is 5.31. The second kappa shape index (κ2) is 7.40. The number of methoxy groups -OCH3 is 2. The maximum atomic E-state index is 12.4. The van der Waals surface area contributed by atoms with E-state index in [-0.39, 0.29) is 16.8 Å². The highest BCUT2D eigenvalue weighted by Gasteiger charge is 2.19. The highest BCUT2D eigenvalue weighted by Crippen LogP contribution is 2.20. The summed E-state index contributed by atoms with van der Waals surface area (Å²) in [6, 6.07) is 5.73. The Morgan fingerprint density at radius 2 is 1.83 bits per heavy atom. The first-order valence-electron chi connectivity index (χ1n) is 7.15. The molecular formula is C16H17N3O5. The molecule has 2 rings (SSSR count). The minimum atomic E-state index is -0.634. The van der Waals surface area contributed by atoms with Gasteiger partial charge in [0.1, 0.15) is 5.69 Å². The fraction of sp³-hybridized carbons (Fsp3) is 0.250. The van der Waals surface area contributed by atoms with Crippen molar-refractivity contribution in [2.24, 2.45) is 0 Å². The van der Waals surface area contributed by atoms with Crippen LogP contribution in [0.25, 0.3) is 0 Å². The van der Waals surface area contributed by atoms with Crippen molar-refractivity contribution >= 4 is 23.5 Å². The van der Waals surface area contributed by atoms with Crippen molar-refractivity contribution in [3.63, 3.8) is 0 Å². The van der Waals surface area contributed by atoms with Gasteiger partial charge in [-0.25, -0.2) is 9.59 Å². The monoisotopic (exact) mass is 331 g/mol. The van der Waals surface area contributed by atoms with Crippen LogP contribution in [0.3, 0.4) is 0 Å². The Morgan fingerprint density at radius 1 is 1.12 bits per heavy atom. The third-order valence-corrected chi connectivity index (χ3v) is 3.34. The largest absolute Gasteiger partial charge is 0.465 e. The summed E-state index contributed by atoms with van der Waals surface area (Å²) in [5.74, 6) is -1.67. The second-order valence-corrected chi connectivity index (χ2v) is 4.73.